The zero-order chi connectivity index (χ0) is 19.9. The first-order valence-corrected chi connectivity index (χ1v) is 9.45. The lowest BCUT2D eigenvalue weighted by Crippen LogP contribution is -2.14. The quantitative estimate of drug-likeness (QED) is 0.587. The van der Waals surface area contributed by atoms with E-state index in [1.165, 1.54) is 30.0 Å². The number of carbonyl (C=O) groups is 2. The minimum absolute atomic E-state index is 0.145. The fourth-order valence-corrected chi connectivity index (χ4v) is 2.89. The Kier molecular flexibility index (Phi) is 6.57. The third-order valence-electron chi connectivity index (χ3n) is 3.45. The van der Waals surface area contributed by atoms with Crippen LogP contribution in [-0.4, -0.2) is 27.8 Å². The summed E-state index contributed by atoms with van der Waals surface area (Å²) in [6.07, 6.45) is 0. The van der Waals surface area contributed by atoms with Crippen molar-refractivity contribution in [3.63, 3.8) is 0 Å². The van der Waals surface area contributed by atoms with Crippen molar-refractivity contribution in [1.82, 2.24) is 10.2 Å². The standard InChI is InChI=1S/C19H14ClFN4O2S/c20-13-4-6-15(7-5-13)22-17(26)11-28-18-9-8-16(24-25-18)23-19(27)12-2-1-3-14(21)10-12/h1-10H,11H2,(H,22,26)(H,23,24,27). The van der Waals surface area contributed by atoms with E-state index < -0.39 is 11.7 Å². The predicted octanol–water partition coefficient (Wildman–Crippen LogP) is 4.25. The van der Waals surface area contributed by atoms with Gasteiger partial charge in [0.2, 0.25) is 5.91 Å². The number of anilines is 2. The molecule has 0 spiro atoms. The molecule has 2 aromatic carbocycles. The Morgan fingerprint density at radius 2 is 1.79 bits per heavy atom. The first-order valence-electron chi connectivity index (χ1n) is 8.08. The lowest BCUT2D eigenvalue weighted by Gasteiger charge is -2.06. The van der Waals surface area contributed by atoms with Crippen LogP contribution in [0.2, 0.25) is 5.02 Å². The van der Waals surface area contributed by atoms with Gasteiger partial charge in [-0.1, -0.05) is 29.4 Å². The second kappa shape index (κ2) is 9.29. The third kappa shape index (κ3) is 5.77. The molecule has 0 aliphatic rings. The molecule has 2 N–H and O–H groups in total. The highest BCUT2D eigenvalue weighted by atomic mass is 35.5. The van der Waals surface area contributed by atoms with Crippen molar-refractivity contribution < 1.29 is 14.0 Å². The molecule has 2 amide bonds. The van der Waals surface area contributed by atoms with Gasteiger partial charge in [-0.2, -0.15) is 0 Å². The largest absolute Gasteiger partial charge is 0.325 e. The van der Waals surface area contributed by atoms with Crippen LogP contribution in [0.3, 0.4) is 0 Å². The maximum atomic E-state index is 13.2. The zero-order valence-electron chi connectivity index (χ0n) is 14.4. The van der Waals surface area contributed by atoms with Gasteiger partial charge in [-0.25, -0.2) is 4.39 Å². The average Bonchev–Trinajstić information content (AvgIpc) is 2.69. The van der Waals surface area contributed by atoms with Gasteiger partial charge < -0.3 is 10.6 Å². The fourth-order valence-electron chi connectivity index (χ4n) is 2.15. The van der Waals surface area contributed by atoms with E-state index in [4.69, 9.17) is 11.6 Å². The molecular formula is C19H14ClFN4O2S. The number of benzene rings is 2. The van der Waals surface area contributed by atoms with Gasteiger partial charge in [-0.15, -0.1) is 10.2 Å². The summed E-state index contributed by atoms with van der Waals surface area (Å²) in [4.78, 5) is 24.0. The smallest absolute Gasteiger partial charge is 0.256 e. The van der Waals surface area contributed by atoms with Crippen LogP contribution in [0.1, 0.15) is 10.4 Å². The molecule has 0 aliphatic heterocycles. The van der Waals surface area contributed by atoms with E-state index in [0.29, 0.717) is 15.7 Å². The van der Waals surface area contributed by atoms with Crippen LogP contribution in [0.15, 0.2) is 65.7 Å². The summed E-state index contributed by atoms with van der Waals surface area (Å²) in [6, 6.07) is 15.3. The molecule has 0 fully saturated rings. The van der Waals surface area contributed by atoms with E-state index >= 15 is 0 Å². The second-order valence-corrected chi connectivity index (χ2v) is 7.00. The topological polar surface area (TPSA) is 84.0 Å². The molecule has 9 heteroatoms. The molecule has 142 valence electrons. The molecule has 3 rings (SSSR count). The summed E-state index contributed by atoms with van der Waals surface area (Å²) >= 11 is 7.00. The molecule has 1 heterocycles. The number of hydrogen-bond donors (Lipinski definition) is 2. The lowest BCUT2D eigenvalue weighted by atomic mass is 10.2. The average molecular weight is 417 g/mol. The predicted molar refractivity (Wildman–Crippen MR) is 107 cm³/mol. The maximum Gasteiger partial charge on any atom is 0.256 e. The van der Waals surface area contributed by atoms with Gasteiger partial charge in [0.15, 0.2) is 5.82 Å². The van der Waals surface area contributed by atoms with Gasteiger partial charge in [0, 0.05) is 16.3 Å². The Bertz CT molecular complexity index is 984. The molecular weight excluding hydrogens is 403 g/mol. The highest BCUT2D eigenvalue weighted by Crippen LogP contribution is 2.18. The van der Waals surface area contributed by atoms with Crippen LogP contribution in [0, 0.1) is 5.82 Å². The number of carbonyl (C=O) groups excluding carboxylic acids is 2. The molecule has 0 saturated heterocycles. The summed E-state index contributed by atoms with van der Waals surface area (Å²) < 4.78 is 13.2. The maximum absolute atomic E-state index is 13.2. The minimum Gasteiger partial charge on any atom is -0.325 e. The number of amides is 2. The molecule has 1 aromatic heterocycles. The summed E-state index contributed by atoms with van der Waals surface area (Å²) in [6.45, 7) is 0. The van der Waals surface area contributed by atoms with Gasteiger partial charge in [0.1, 0.15) is 10.8 Å². The first-order chi connectivity index (χ1) is 13.5. The molecule has 0 saturated carbocycles. The highest BCUT2D eigenvalue weighted by Gasteiger charge is 2.09. The van der Waals surface area contributed by atoms with Crippen LogP contribution in [0.4, 0.5) is 15.9 Å². The van der Waals surface area contributed by atoms with Crippen LogP contribution in [0.25, 0.3) is 0 Å². The van der Waals surface area contributed by atoms with E-state index in [1.807, 2.05) is 0 Å². The summed E-state index contributed by atoms with van der Waals surface area (Å²) in [5.41, 5.74) is 0.829. The van der Waals surface area contributed by atoms with Crippen molar-refractivity contribution in [1.29, 1.82) is 0 Å². The Morgan fingerprint density at radius 1 is 1.00 bits per heavy atom. The van der Waals surface area contributed by atoms with E-state index in [-0.39, 0.29) is 23.0 Å². The summed E-state index contributed by atoms with van der Waals surface area (Å²) in [5, 5.41) is 14.3. The van der Waals surface area contributed by atoms with Crippen LogP contribution >= 0.6 is 23.4 Å². The molecule has 0 bridgehead atoms. The Morgan fingerprint density at radius 3 is 2.46 bits per heavy atom. The number of aromatic nitrogens is 2. The van der Waals surface area contributed by atoms with E-state index in [0.717, 1.165) is 6.07 Å². The number of hydrogen-bond acceptors (Lipinski definition) is 5. The number of thioether (sulfide) groups is 1. The molecule has 0 radical (unpaired) electrons. The van der Waals surface area contributed by atoms with Crippen molar-refractivity contribution >= 4 is 46.7 Å². The monoisotopic (exact) mass is 416 g/mol. The van der Waals surface area contributed by atoms with E-state index in [9.17, 15) is 14.0 Å². The SMILES string of the molecule is O=C(CSc1ccc(NC(=O)c2cccc(F)c2)nn1)Nc1ccc(Cl)cc1. The van der Waals surface area contributed by atoms with Crippen LogP contribution in [-0.2, 0) is 4.79 Å². The van der Waals surface area contributed by atoms with Crippen molar-refractivity contribution in [3.8, 4) is 0 Å². The molecule has 0 atom stereocenters. The fraction of sp³-hybridized carbons (Fsp3) is 0.0526. The number of halogens is 2. The van der Waals surface area contributed by atoms with Gasteiger partial charge in [0.25, 0.3) is 5.91 Å². The van der Waals surface area contributed by atoms with Crippen LogP contribution in [0.5, 0.6) is 0 Å². The third-order valence-corrected chi connectivity index (χ3v) is 4.62. The Labute approximate surface area is 169 Å². The summed E-state index contributed by atoms with van der Waals surface area (Å²) in [5.74, 6) is -0.813. The van der Waals surface area contributed by atoms with Crippen molar-refractivity contribution in [2.24, 2.45) is 0 Å². The Hall–Kier alpha value is -2.97. The minimum atomic E-state index is -0.498. The van der Waals surface area contributed by atoms with E-state index in [2.05, 4.69) is 20.8 Å². The molecule has 0 aliphatic carbocycles. The highest BCUT2D eigenvalue weighted by molar-refractivity contribution is 7.99. The number of rotatable bonds is 6. The first kappa shape index (κ1) is 19.8. The van der Waals surface area contributed by atoms with E-state index in [1.54, 1.807) is 36.4 Å². The normalized spacial score (nSPS) is 10.4. The van der Waals surface area contributed by atoms with Crippen molar-refractivity contribution in [2.45, 2.75) is 5.03 Å². The lowest BCUT2D eigenvalue weighted by molar-refractivity contribution is -0.113. The Balaban J connectivity index is 1.50. The zero-order valence-corrected chi connectivity index (χ0v) is 15.9. The second-order valence-electron chi connectivity index (χ2n) is 5.57. The summed E-state index contributed by atoms with van der Waals surface area (Å²) in [7, 11) is 0. The van der Waals surface area contributed by atoms with Crippen molar-refractivity contribution in [3.05, 3.63) is 77.1 Å². The van der Waals surface area contributed by atoms with Gasteiger partial charge in [-0.3, -0.25) is 9.59 Å². The molecule has 0 unspecified atom stereocenters. The number of nitrogens with one attached hydrogen (secondary N) is 2. The van der Waals surface area contributed by atoms with Crippen molar-refractivity contribution in [2.75, 3.05) is 16.4 Å². The van der Waals surface area contributed by atoms with Gasteiger partial charge >= 0.3 is 0 Å². The van der Waals surface area contributed by atoms with Crippen LogP contribution < -0.4 is 10.6 Å². The van der Waals surface area contributed by atoms with Gasteiger partial charge in [0.05, 0.1) is 5.75 Å². The van der Waals surface area contributed by atoms with Gasteiger partial charge in [-0.05, 0) is 54.6 Å². The number of nitrogens with zero attached hydrogens (tertiary/aromatic N) is 2. The molecule has 3 aromatic rings. The molecule has 6 nitrogen and oxygen atoms in total. The molecule has 28 heavy (non-hydrogen) atoms.